The molecule has 0 radical (unpaired) electrons. The lowest BCUT2D eigenvalue weighted by molar-refractivity contribution is -0.137. The number of rotatable bonds is 7. The van der Waals surface area contributed by atoms with Crippen LogP contribution >= 0.6 is 0 Å². The molecule has 0 saturated heterocycles. The number of hydrogen-bond acceptors (Lipinski definition) is 4. The fraction of sp³-hybridized carbons (Fsp3) is 0.316. The molecule has 0 fully saturated rings. The van der Waals surface area contributed by atoms with Crippen LogP contribution in [0.1, 0.15) is 24.1 Å². The van der Waals surface area contributed by atoms with Gasteiger partial charge in [0.15, 0.2) is 6.61 Å². The SMILES string of the molecule is COc1ccc(OC)c([C@@H](C)NC(=O)COc2ccc(C(F)(F)F)cc2)c1. The van der Waals surface area contributed by atoms with Gasteiger partial charge in [0.1, 0.15) is 17.2 Å². The van der Waals surface area contributed by atoms with Crippen molar-refractivity contribution < 1.29 is 32.2 Å². The van der Waals surface area contributed by atoms with Crippen LogP contribution in [0.2, 0.25) is 0 Å². The van der Waals surface area contributed by atoms with E-state index < -0.39 is 23.7 Å². The predicted octanol–water partition coefficient (Wildman–Crippen LogP) is 3.98. The van der Waals surface area contributed by atoms with Gasteiger partial charge in [0, 0.05) is 5.56 Å². The summed E-state index contributed by atoms with van der Waals surface area (Å²) in [4.78, 5) is 12.1. The molecule has 0 aromatic heterocycles. The Hall–Kier alpha value is -2.90. The minimum atomic E-state index is -4.42. The molecule has 0 saturated carbocycles. The van der Waals surface area contributed by atoms with Crippen molar-refractivity contribution in [3.05, 3.63) is 53.6 Å². The van der Waals surface area contributed by atoms with Gasteiger partial charge in [0.05, 0.1) is 25.8 Å². The van der Waals surface area contributed by atoms with Gasteiger partial charge in [-0.05, 0) is 49.4 Å². The quantitative estimate of drug-likeness (QED) is 0.786. The molecule has 0 aliphatic heterocycles. The summed E-state index contributed by atoms with van der Waals surface area (Å²) >= 11 is 0. The van der Waals surface area contributed by atoms with Gasteiger partial charge in [0.2, 0.25) is 0 Å². The first kappa shape index (κ1) is 20.4. The van der Waals surface area contributed by atoms with Crippen molar-refractivity contribution >= 4 is 5.91 Å². The van der Waals surface area contributed by atoms with Crippen LogP contribution in [0.3, 0.4) is 0 Å². The molecule has 2 aromatic rings. The molecule has 1 amide bonds. The van der Waals surface area contributed by atoms with Gasteiger partial charge in [0.25, 0.3) is 5.91 Å². The Morgan fingerprint density at radius 2 is 1.67 bits per heavy atom. The maximum atomic E-state index is 12.5. The third-order valence-electron chi connectivity index (χ3n) is 3.83. The fourth-order valence-corrected chi connectivity index (χ4v) is 2.43. The fourth-order valence-electron chi connectivity index (χ4n) is 2.43. The van der Waals surface area contributed by atoms with Crippen molar-refractivity contribution in [3.8, 4) is 17.2 Å². The first-order valence-electron chi connectivity index (χ1n) is 8.06. The largest absolute Gasteiger partial charge is 0.497 e. The zero-order valence-electron chi connectivity index (χ0n) is 15.1. The number of benzene rings is 2. The van der Waals surface area contributed by atoms with E-state index in [4.69, 9.17) is 14.2 Å². The second-order valence-corrected chi connectivity index (χ2v) is 5.71. The van der Waals surface area contributed by atoms with Crippen molar-refractivity contribution in [2.75, 3.05) is 20.8 Å². The minimum Gasteiger partial charge on any atom is -0.497 e. The van der Waals surface area contributed by atoms with E-state index in [-0.39, 0.29) is 12.4 Å². The van der Waals surface area contributed by atoms with Crippen LogP contribution in [0, 0.1) is 0 Å². The van der Waals surface area contributed by atoms with Crippen LogP contribution in [0.15, 0.2) is 42.5 Å². The number of alkyl halides is 3. The lowest BCUT2D eigenvalue weighted by atomic mass is 10.1. The zero-order chi connectivity index (χ0) is 20.0. The van der Waals surface area contributed by atoms with E-state index >= 15 is 0 Å². The molecule has 2 rings (SSSR count). The topological polar surface area (TPSA) is 56.8 Å². The highest BCUT2D eigenvalue weighted by Gasteiger charge is 2.30. The second-order valence-electron chi connectivity index (χ2n) is 5.71. The third-order valence-corrected chi connectivity index (χ3v) is 3.83. The Kier molecular flexibility index (Phi) is 6.55. The van der Waals surface area contributed by atoms with Gasteiger partial charge >= 0.3 is 6.18 Å². The van der Waals surface area contributed by atoms with Crippen LogP contribution in [0.25, 0.3) is 0 Å². The highest BCUT2D eigenvalue weighted by Crippen LogP contribution is 2.31. The molecule has 0 spiro atoms. The Labute approximate surface area is 155 Å². The normalized spacial score (nSPS) is 12.2. The Morgan fingerprint density at radius 3 is 2.22 bits per heavy atom. The van der Waals surface area contributed by atoms with Gasteiger partial charge in [-0.2, -0.15) is 13.2 Å². The summed E-state index contributed by atoms with van der Waals surface area (Å²) < 4.78 is 53.3. The van der Waals surface area contributed by atoms with E-state index in [0.29, 0.717) is 11.5 Å². The minimum absolute atomic E-state index is 0.171. The summed E-state index contributed by atoms with van der Waals surface area (Å²) in [5.74, 6) is 0.956. The van der Waals surface area contributed by atoms with E-state index in [9.17, 15) is 18.0 Å². The van der Waals surface area contributed by atoms with Gasteiger partial charge in [-0.1, -0.05) is 0 Å². The number of ether oxygens (including phenoxy) is 3. The second kappa shape index (κ2) is 8.66. The smallest absolute Gasteiger partial charge is 0.416 e. The number of methoxy groups -OCH3 is 2. The average molecular weight is 383 g/mol. The van der Waals surface area contributed by atoms with E-state index in [1.807, 2.05) is 0 Å². The van der Waals surface area contributed by atoms with Crippen LogP contribution in [0.4, 0.5) is 13.2 Å². The highest BCUT2D eigenvalue weighted by atomic mass is 19.4. The number of carbonyl (C=O) groups excluding carboxylic acids is 1. The van der Waals surface area contributed by atoms with Crippen molar-refractivity contribution in [1.29, 1.82) is 0 Å². The Morgan fingerprint density at radius 1 is 1.04 bits per heavy atom. The highest BCUT2D eigenvalue weighted by molar-refractivity contribution is 5.78. The number of halogens is 3. The van der Waals surface area contributed by atoms with Crippen LogP contribution in [-0.4, -0.2) is 26.7 Å². The van der Waals surface area contributed by atoms with Crippen LogP contribution in [-0.2, 0) is 11.0 Å². The Bertz CT molecular complexity index is 776. The summed E-state index contributed by atoms with van der Waals surface area (Å²) in [5.41, 5.74) is -0.0576. The summed E-state index contributed by atoms with van der Waals surface area (Å²) in [7, 11) is 3.06. The first-order chi connectivity index (χ1) is 12.7. The van der Waals surface area contributed by atoms with Crippen molar-refractivity contribution in [3.63, 3.8) is 0 Å². The molecule has 5 nitrogen and oxygen atoms in total. The standard InChI is InChI=1S/C19H20F3NO4/c1-12(16-10-15(25-2)8-9-17(16)26-3)23-18(24)11-27-14-6-4-13(5-7-14)19(20,21)22/h4-10,12H,11H2,1-3H3,(H,23,24)/t12-/m1/s1. The maximum absolute atomic E-state index is 12.5. The molecule has 0 aliphatic carbocycles. The number of nitrogens with one attached hydrogen (secondary N) is 1. The molecule has 1 atom stereocenters. The molecular weight excluding hydrogens is 363 g/mol. The van der Waals surface area contributed by atoms with Gasteiger partial charge in [-0.25, -0.2) is 0 Å². The lowest BCUT2D eigenvalue weighted by Gasteiger charge is -2.18. The molecule has 0 heterocycles. The maximum Gasteiger partial charge on any atom is 0.416 e. The third kappa shape index (κ3) is 5.54. The van der Waals surface area contributed by atoms with E-state index in [2.05, 4.69) is 5.32 Å². The summed E-state index contributed by atoms with van der Waals surface area (Å²) in [6, 6.07) is 8.97. The molecule has 0 aliphatic rings. The van der Waals surface area contributed by atoms with Crippen molar-refractivity contribution in [2.45, 2.75) is 19.1 Å². The zero-order valence-corrected chi connectivity index (χ0v) is 15.1. The van der Waals surface area contributed by atoms with Crippen molar-refractivity contribution in [1.82, 2.24) is 5.32 Å². The van der Waals surface area contributed by atoms with Gasteiger partial charge < -0.3 is 19.5 Å². The van der Waals surface area contributed by atoms with Crippen LogP contribution < -0.4 is 19.5 Å². The summed E-state index contributed by atoms with van der Waals surface area (Å²) in [6.45, 7) is 1.44. The summed E-state index contributed by atoms with van der Waals surface area (Å²) in [6.07, 6.45) is -4.42. The molecule has 0 unspecified atom stereocenters. The number of carbonyl (C=O) groups is 1. The molecule has 27 heavy (non-hydrogen) atoms. The molecule has 8 heteroatoms. The summed E-state index contributed by atoms with van der Waals surface area (Å²) in [5, 5.41) is 2.75. The first-order valence-corrected chi connectivity index (χ1v) is 8.06. The number of amides is 1. The molecule has 2 aromatic carbocycles. The van der Waals surface area contributed by atoms with E-state index in [1.54, 1.807) is 25.1 Å². The monoisotopic (exact) mass is 383 g/mol. The van der Waals surface area contributed by atoms with E-state index in [1.165, 1.54) is 26.4 Å². The Balaban J connectivity index is 1.95. The lowest BCUT2D eigenvalue weighted by Crippen LogP contribution is -2.31. The van der Waals surface area contributed by atoms with Gasteiger partial charge in [-0.3, -0.25) is 4.79 Å². The van der Waals surface area contributed by atoms with Gasteiger partial charge in [-0.15, -0.1) is 0 Å². The predicted molar refractivity (Wildman–Crippen MR) is 93.0 cm³/mol. The van der Waals surface area contributed by atoms with Crippen molar-refractivity contribution in [2.24, 2.45) is 0 Å². The molecule has 1 N–H and O–H groups in total. The van der Waals surface area contributed by atoms with Crippen LogP contribution in [0.5, 0.6) is 17.2 Å². The average Bonchev–Trinajstić information content (AvgIpc) is 2.65. The molecule has 0 bridgehead atoms. The van der Waals surface area contributed by atoms with E-state index in [0.717, 1.165) is 17.7 Å². The molecule has 146 valence electrons. The molecular formula is C19H20F3NO4. The number of hydrogen-bond donors (Lipinski definition) is 1.